The zero-order valence-electron chi connectivity index (χ0n) is 73.1. The second-order valence-electron chi connectivity index (χ2n) is 35.4. The van der Waals surface area contributed by atoms with Gasteiger partial charge in [-0.2, -0.15) is 0 Å². The predicted molar refractivity (Wildman–Crippen MR) is 553 cm³/mol. The predicted octanol–water partition coefficient (Wildman–Crippen LogP) is 24.5. The van der Waals surface area contributed by atoms with E-state index in [-0.39, 0.29) is 20.1 Å². The SMILES string of the molecule is c1ccc(N2c3ccccc3Sc3cc4c(nc32)c2ccccc2n4-c2ccc3c(c2)Oc2cccc4c2B3c2ccccc2O4)cc1.c1ccc(N2c3cccnc3Oc3c2ccc2c3c3ccccc3n2-c2ccc3c(c2)Oc2cccc4c2B3c2ccccc2O4)cc1.c1ccc2c(c1)Oc1ncc3c(c1S2)c1ccccc1n3-c1ccc2c(c1)Oc1cccc3c1B2c1ccccc1O3. The van der Waals surface area contributed by atoms with Gasteiger partial charge in [-0.25, -0.2) is 15.0 Å². The zero-order chi connectivity index (χ0) is 90.1. The minimum Gasteiger partial charge on any atom is -0.458 e. The summed E-state index contributed by atoms with van der Waals surface area (Å²) in [7, 11) is 0. The number of benzene rings is 17. The fourth-order valence-electron chi connectivity index (χ4n) is 22.1. The molecule has 0 aliphatic carbocycles. The molecule has 644 valence electrons. The molecule has 0 radical (unpaired) electrons. The van der Waals surface area contributed by atoms with E-state index in [0.29, 0.717) is 11.8 Å². The van der Waals surface area contributed by atoms with Gasteiger partial charge >= 0.3 is 0 Å². The molecule has 0 N–H and O–H groups in total. The number of pyridine rings is 3. The Hall–Kier alpha value is -17.5. The van der Waals surface area contributed by atoms with Crippen LogP contribution in [0.25, 0.3) is 82.6 Å². The Labute approximate surface area is 798 Å². The molecule has 9 aliphatic heterocycles. The van der Waals surface area contributed by atoms with E-state index in [4.69, 9.17) is 47.9 Å². The van der Waals surface area contributed by atoms with E-state index in [1.165, 1.54) is 4.90 Å². The molecule has 138 heavy (non-hydrogen) atoms. The number of rotatable bonds is 5. The summed E-state index contributed by atoms with van der Waals surface area (Å²) in [5.41, 5.74) is 25.7. The lowest BCUT2D eigenvalue weighted by atomic mass is 9.35. The van der Waals surface area contributed by atoms with Crippen LogP contribution in [-0.2, 0) is 0 Å². The summed E-state index contributed by atoms with van der Waals surface area (Å²) in [6.07, 6.45) is 3.71. The molecule has 0 fully saturated rings. The lowest BCUT2D eigenvalue weighted by molar-refractivity contribution is 0.437. The van der Waals surface area contributed by atoms with Gasteiger partial charge in [-0.1, -0.05) is 230 Å². The number of anilines is 6. The van der Waals surface area contributed by atoms with Crippen molar-refractivity contribution in [3.63, 3.8) is 0 Å². The van der Waals surface area contributed by atoms with Crippen molar-refractivity contribution >= 4 is 193 Å². The van der Waals surface area contributed by atoms with Crippen molar-refractivity contribution in [2.75, 3.05) is 9.80 Å². The fourth-order valence-corrected chi connectivity index (χ4v) is 24.3. The van der Waals surface area contributed by atoms with Crippen molar-refractivity contribution in [1.29, 1.82) is 0 Å². The average Bonchev–Trinajstić information content (AvgIpc) is 1.45. The molecule has 15 heterocycles. The Bertz CT molecular complexity index is 9030. The van der Waals surface area contributed by atoms with Gasteiger partial charge in [0.05, 0.1) is 76.3 Å². The smallest absolute Gasteiger partial charge is 0.260 e. The highest BCUT2D eigenvalue weighted by Crippen LogP contribution is 2.58. The third-order valence-electron chi connectivity index (χ3n) is 27.9. The summed E-state index contributed by atoms with van der Waals surface area (Å²) in [6, 6.07) is 137. The molecule has 32 rings (SSSR count). The average molecular weight is 1810 g/mol. The minimum atomic E-state index is 0.0223. The number of nitrogens with zero attached hydrogens (tertiary/aromatic N) is 8. The second kappa shape index (κ2) is 30.0. The largest absolute Gasteiger partial charge is 0.458 e. The van der Waals surface area contributed by atoms with Crippen molar-refractivity contribution in [2.24, 2.45) is 0 Å². The molecule has 0 amide bonds. The van der Waals surface area contributed by atoms with Gasteiger partial charge in [0.25, 0.3) is 20.1 Å². The van der Waals surface area contributed by atoms with E-state index in [1.54, 1.807) is 29.7 Å². The van der Waals surface area contributed by atoms with Crippen LogP contribution in [0.4, 0.5) is 34.3 Å². The van der Waals surface area contributed by atoms with Crippen molar-refractivity contribution in [2.45, 2.75) is 19.6 Å². The van der Waals surface area contributed by atoms with Gasteiger partial charge < -0.3 is 56.5 Å². The molecule has 16 nitrogen and oxygen atoms in total. The number of aromatic nitrogens is 6. The Balaban J connectivity index is 0.0000000981. The maximum Gasteiger partial charge on any atom is 0.260 e. The van der Waals surface area contributed by atoms with E-state index in [9.17, 15) is 0 Å². The molecule has 0 spiro atoms. The molecule has 0 atom stereocenters. The van der Waals surface area contributed by atoms with Crippen LogP contribution in [0.3, 0.4) is 0 Å². The standard InChI is InChI=1S/C41H24BN3O3.C41H24BN3O2S.C35H19BN2O3S/c1-2-10-25(11-3-1)44-32-22-21-31-38(40(32)48-41-33(44)15-9-23-43-41)27-12-4-6-14-30(27)45(31)26-19-20-29-37(24-26)47-36-18-8-17-35-39(36)42(29)28-13-5-7-16-34(28)46-35;1-2-11-25(12-3-1)45-31-16-7-9-20-37(31)48-38-24-32-40(43-41(38)45)27-13-4-6-15-30(27)44(32)26-21-22-29-36(23-26)47-35-19-10-18-34-39(35)42(29)28-14-5-8-17-33(28)46-34;1-3-10-24-21(8-1)32-25(19-37-35-34(32)42-31-15-6-5-12-27(31)41-35)38(24)20-16-17-23-30(18-20)40-29-14-7-13-28-33(29)36(23)22-9-2-4-11-26(22)39-28/h2*1-24H;1-19H. The van der Waals surface area contributed by atoms with Gasteiger partial charge in [-0.3, -0.25) is 4.90 Å². The van der Waals surface area contributed by atoms with Crippen molar-refractivity contribution in [3.05, 3.63) is 407 Å². The Kier molecular flexibility index (Phi) is 16.7. The minimum absolute atomic E-state index is 0.0223. The fraction of sp³-hybridized carbons (Fsp3) is 0. The normalized spacial score (nSPS) is 13.6. The summed E-state index contributed by atoms with van der Waals surface area (Å²) in [4.78, 5) is 23.9. The van der Waals surface area contributed by atoms with Gasteiger partial charge in [0.2, 0.25) is 11.8 Å². The van der Waals surface area contributed by atoms with Gasteiger partial charge in [0, 0.05) is 95.7 Å². The van der Waals surface area contributed by atoms with Crippen LogP contribution in [0.15, 0.2) is 426 Å². The van der Waals surface area contributed by atoms with Gasteiger partial charge in [0.1, 0.15) is 80.4 Å². The molecule has 0 saturated heterocycles. The lowest BCUT2D eigenvalue weighted by Crippen LogP contribution is -2.57. The van der Waals surface area contributed by atoms with Crippen LogP contribution in [0.1, 0.15) is 0 Å². The van der Waals surface area contributed by atoms with Crippen LogP contribution in [0.2, 0.25) is 0 Å². The summed E-state index contributed by atoms with van der Waals surface area (Å²) >= 11 is 3.49. The van der Waals surface area contributed by atoms with Gasteiger partial charge in [-0.15, -0.1) is 0 Å². The highest BCUT2D eigenvalue weighted by Gasteiger charge is 2.45. The maximum absolute atomic E-state index is 6.71. The Morgan fingerprint density at radius 1 is 0.239 bits per heavy atom. The first-order valence-electron chi connectivity index (χ1n) is 46.1. The van der Waals surface area contributed by atoms with E-state index in [0.717, 1.165) is 261 Å². The number of para-hydroxylation sites is 10. The van der Waals surface area contributed by atoms with Crippen LogP contribution >= 0.6 is 23.5 Å². The highest BCUT2D eigenvalue weighted by molar-refractivity contribution is 8.00. The first-order chi connectivity index (χ1) is 68.4. The molecule has 0 unspecified atom stereocenters. The highest BCUT2D eigenvalue weighted by atomic mass is 32.2. The molecule has 6 aromatic heterocycles. The van der Waals surface area contributed by atoms with Crippen molar-refractivity contribution in [3.8, 4) is 109 Å². The second-order valence-corrected chi connectivity index (χ2v) is 37.5. The maximum atomic E-state index is 6.71. The third-order valence-corrected chi connectivity index (χ3v) is 30.1. The van der Waals surface area contributed by atoms with Crippen molar-refractivity contribution in [1.82, 2.24) is 28.7 Å². The van der Waals surface area contributed by atoms with Crippen molar-refractivity contribution < 1.29 is 37.9 Å². The van der Waals surface area contributed by atoms with E-state index in [1.807, 2.05) is 121 Å². The topological polar surface area (TPSA) is 134 Å². The van der Waals surface area contributed by atoms with Crippen LogP contribution < -0.4 is 96.9 Å². The Morgan fingerprint density at radius 3 is 1.22 bits per heavy atom. The number of ether oxygens (including phenoxy) is 8. The van der Waals surface area contributed by atoms with Gasteiger partial charge in [-0.05, 0) is 203 Å². The Morgan fingerprint density at radius 2 is 0.667 bits per heavy atom. The number of fused-ring (bicyclic) bond motifs is 29. The molecule has 0 bridgehead atoms. The molecule has 9 aliphatic rings. The van der Waals surface area contributed by atoms with E-state index in [2.05, 4.69) is 308 Å². The lowest BCUT2D eigenvalue weighted by Gasteiger charge is -2.33. The van der Waals surface area contributed by atoms with E-state index >= 15 is 0 Å². The first-order valence-corrected chi connectivity index (χ1v) is 47.7. The number of hydrogen-bond acceptors (Lipinski definition) is 15. The summed E-state index contributed by atoms with van der Waals surface area (Å²) in [5, 5.41) is 5.55. The third kappa shape index (κ3) is 11.5. The molecule has 23 aromatic rings. The van der Waals surface area contributed by atoms with Crippen LogP contribution in [-0.4, -0.2) is 48.8 Å². The zero-order valence-corrected chi connectivity index (χ0v) is 74.7. The summed E-state index contributed by atoms with van der Waals surface area (Å²) < 4.78 is 58.7. The summed E-state index contributed by atoms with van der Waals surface area (Å²) in [6.45, 7) is 0.0969. The molecular formula is C117H67B3N8O8S2. The summed E-state index contributed by atoms with van der Waals surface area (Å²) in [5.74, 6) is 14.1. The molecular weight excluding hydrogens is 1740 g/mol. The van der Waals surface area contributed by atoms with Crippen LogP contribution in [0, 0.1) is 0 Å². The first kappa shape index (κ1) is 77.0. The van der Waals surface area contributed by atoms with Crippen LogP contribution in [0.5, 0.6) is 92.3 Å². The number of hydrogen-bond donors (Lipinski definition) is 0. The molecule has 0 saturated carbocycles. The quantitative estimate of drug-likeness (QED) is 0.151. The molecule has 17 aromatic carbocycles. The van der Waals surface area contributed by atoms with Gasteiger partial charge in [0.15, 0.2) is 11.6 Å². The monoisotopic (exact) mass is 1810 g/mol. The molecule has 21 heteroatoms. The van der Waals surface area contributed by atoms with E-state index < -0.39 is 0 Å².